The molecule has 1 fully saturated rings. The van der Waals surface area contributed by atoms with Gasteiger partial charge >= 0.3 is 6.18 Å². The molecular formula is C12H17F3N4. The van der Waals surface area contributed by atoms with E-state index in [9.17, 15) is 13.2 Å². The molecule has 19 heavy (non-hydrogen) atoms. The number of hydrogen-bond donors (Lipinski definition) is 1. The minimum absolute atomic E-state index is 0.0354. The van der Waals surface area contributed by atoms with Crippen molar-refractivity contribution in [2.45, 2.75) is 44.9 Å². The average molecular weight is 274 g/mol. The van der Waals surface area contributed by atoms with Crippen molar-refractivity contribution in [3.8, 4) is 0 Å². The van der Waals surface area contributed by atoms with Gasteiger partial charge in [0.15, 0.2) is 0 Å². The van der Waals surface area contributed by atoms with Crippen molar-refractivity contribution in [1.29, 1.82) is 0 Å². The van der Waals surface area contributed by atoms with Gasteiger partial charge in [-0.1, -0.05) is 6.92 Å². The molecule has 2 aliphatic rings. The Morgan fingerprint density at radius 1 is 1.26 bits per heavy atom. The third-order valence-corrected chi connectivity index (χ3v) is 4.25. The molecule has 0 bridgehead atoms. The summed E-state index contributed by atoms with van der Waals surface area (Å²) in [5.74, 6) is 0.483. The number of fused-ring (bicyclic) bond motifs is 1. The van der Waals surface area contributed by atoms with Gasteiger partial charge < -0.3 is 9.88 Å². The monoisotopic (exact) mass is 274 g/mol. The summed E-state index contributed by atoms with van der Waals surface area (Å²) < 4.78 is 40.3. The fourth-order valence-electron chi connectivity index (χ4n) is 3.03. The molecule has 1 aromatic rings. The lowest BCUT2D eigenvalue weighted by Gasteiger charge is -2.27. The lowest BCUT2D eigenvalue weighted by atomic mass is 9.97. The van der Waals surface area contributed by atoms with Crippen LogP contribution in [0.15, 0.2) is 0 Å². The third-order valence-electron chi connectivity index (χ3n) is 4.25. The zero-order valence-corrected chi connectivity index (χ0v) is 10.7. The lowest BCUT2D eigenvalue weighted by molar-refractivity contribution is -0.182. The topological polar surface area (TPSA) is 42.7 Å². The molecule has 3 rings (SSSR count). The van der Waals surface area contributed by atoms with Crippen molar-refractivity contribution >= 4 is 0 Å². The van der Waals surface area contributed by atoms with Gasteiger partial charge in [-0.05, 0) is 25.3 Å². The first-order valence-electron chi connectivity index (χ1n) is 6.69. The number of rotatable bonds is 1. The molecule has 0 spiro atoms. The predicted octanol–water partition coefficient (Wildman–Crippen LogP) is 2.07. The van der Waals surface area contributed by atoms with Crippen LogP contribution < -0.4 is 5.32 Å². The Morgan fingerprint density at radius 2 is 2.05 bits per heavy atom. The van der Waals surface area contributed by atoms with E-state index in [1.54, 1.807) is 4.57 Å². The first-order valence-corrected chi connectivity index (χ1v) is 6.69. The van der Waals surface area contributed by atoms with Crippen molar-refractivity contribution in [3.63, 3.8) is 0 Å². The van der Waals surface area contributed by atoms with Crippen LogP contribution in [0.1, 0.15) is 37.5 Å². The molecule has 1 saturated heterocycles. The third kappa shape index (κ3) is 2.24. The molecule has 4 nitrogen and oxygen atoms in total. The Kier molecular flexibility index (Phi) is 3.03. The van der Waals surface area contributed by atoms with E-state index in [0.717, 1.165) is 13.0 Å². The van der Waals surface area contributed by atoms with Crippen LogP contribution in [-0.2, 0) is 13.0 Å². The Bertz CT molecular complexity index is 468. The van der Waals surface area contributed by atoms with Gasteiger partial charge in [0.1, 0.15) is 11.6 Å². The number of nitrogens with zero attached hydrogens (tertiary/aromatic N) is 3. The maximum atomic E-state index is 12.9. The van der Waals surface area contributed by atoms with E-state index in [4.69, 9.17) is 0 Å². The highest BCUT2D eigenvalue weighted by Gasteiger charge is 2.43. The minimum Gasteiger partial charge on any atom is -0.313 e. The highest BCUT2D eigenvalue weighted by molar-refractivity contribution is 5.07. The number of aryl methyl sites for hydroxylation is 1. The number of aromatic nitrogens is 3. The van der Waals surface area contributed by atoms with Crippen LogP contribution >= 0.6 is 0 Å². The average Bonchev–Trinajstić information content (AvgIpc) is 2.92. The molecule has 0 radical (unpaired) electrons. The molecule has 3 heterocycles. The maximum absolute atomic E-state index is 12.9. The fraction of sp³-hybridized carbons (Fsp3) is 0.833. The lowest BCUT2D eigenvalue weighted by Crippen LogP contribution is -2.34. The molecule has 0 aliphatic carbocycles. The number of hydrogen-bond acceptors (Lipinski definition) is 3. The molecular weight excluding hydrogens is 257 g/mol. The van der Waals surface area contributed by atoms with Crippen molar-refractivity contribution < 1.29 is 13.2 Å². The smallest absolute Gasteiger partial charge is 0.313 e. The summed E-state index contributed by atoms with van der Waals surface area (Å²) in [6.45, 7) is 2.94. The van der Waals surface area contributed by atoms with Gasteiger partial charge in [0.25, 0.3) is 0 Å². The van der Waals surface area contributed by atoms with Crippen LogP contribution in [-0.4, -0.2) is 27.5 Å². The summed E-state index contributed by atoms with van der Waals surface area (Å²) in [6, 6.07) is 0.0354. The first kappa shape index (κ1) is 12.9. The fourth-order valence-corrected chi connectivity index (χ4v) is 3.03. The van der Waals surface area contributed by atoms with Crippen LogP contribution in [0.5, 0.6) is 0 Å². The minimum atomic E-state index is -4.13. The van der Waals surface area contributed by atoms with E-state index >= 15 is 0 Å². The van der Waals surface area contributed by atoms with E-state index < -0.39 is 12.1 Å². The van der Waals surface area contributed by atoms with Gasteiger partial charge in [-0.25, -0.2) is 0 Å². The van der Waals surface area contributed by atoms with Crippen LogP contribution in [0, 0.1) is 11.8 Å². The van der Waals surface area contributed by atoms with E-state index in [1.807, 2.05) is 0 Å². The maximum Gasteiger partial charge on any atom is 0.393 e. The Labute approximate surface area is 109 Å². The molecule has 1 N–H and O–H groups in total. The van der Waals surface area contributed by atoms with Crippen LogP contribution in [0.2, 0.25) is 0 Å². The van der Waals surface area contributed by atoms with Gasteiger partial charge in [-0.15, -0.1) is 10.2 Å². The van der Waals surface area contributed by atoms with E-state index in [0.29, 0.717) is 24.0 Å². The van der Waals surface area contributed by atoms with Crippen LogP contribution in [0.25, 0.3) is 0 Å². The quantitative estimate of drug-likeness (QED) is 0.852. The van der Waals surface area contributed by atoms with E-state index in [1.165, 1.54) is 0 Å². The van der Waals surface area contributed by atoms with Crippen molar-refractivity contribution in [2.75, 3.05) is 6.54 Å². The molecule has 106 valence electrons. The summed E-state index contributed by atoms with van der Waals surface area (Å²) in [5.41, 5.74) is 0. The highest BCUT2D eigenvalue weighted by Crippen LogP contribution is 2.36. The Morgan fingerprint density at radius 3 is 2.68 bits per heavy atom. The number of alkyl halides is 3. The summed E-state index contributed by atoms with van der Waals surface area (Å²) >= 11 is 0. The van der Waals surface area contributed by atoms with Crippen LogP contribution in [0.4, 0.5) is 13.2 Å². The van der Waals surface area contributed by atoms with Gasteiger partial charge in [-0.3, -0.25) is 0 Å². The molecule has 0 aromatic carbocycles. The van der Waals surface area contributed by atoms with Crippen molar-refractivity contribution in [1.82, 2.24) is 20.1 Å². The molecule has 1 aromatic heterocycles. The van der Waals surface area contributed by atoms with Gasteiger partial charge in [0, 0.05) is 13.0 Å². The molecule has 0 amide bonds. The molecule has 7 heteroatoms. The number of halogens is 3. The SMILES string of the molecule is CC1CCNC1c1nnc2n1CC(C(F)(F)F)CC2. The van der Waals surface area contributed by atoms with Gasteiger partial charge in [0.2, 0.25) is 0 Å². The van der Waals surface area contributed by atoms with Gasteiger partial charge in [0.05, 0.1) is 12.0 Å². The second-order valence-corrected chi connectivity index (χ2v) is 5.56. The largest absolute Gasteiger partial charge is 0.393 e. The Balaban J connectivity index is 1.88. The van der Waals surface area contributed by atoms with E-state index in [-0.39, 0.29) is 19.0 Å². The summed E-state index contributed by atoms with van der Waals surface area (Å²) in [5, 5.41) is 11.5. The summed E-state index contributed by atoms with van der Waals surface area (Å²) in [6.07, 6.45) is -2.63. The summed E-state index contributed by atoms with van der Waals surface area (Å²) in [4.78, 5) is 0. The standard InChI is InChI=1S/C12H17F3N4/c1-7-4-5-16-10(7)11-18-17-9-3-2-8(6-19(9)11)12(13,14)15/h7-8,10,16H,2-6H2,1H3. The van der Waals surface area contributed by atoms with Crippen molar-refractivity contribution in [2.24, 2.45) is 11.8 Å². The second-order valence-electron chi connectivity index (χ2n) is 5.56. The normalized spacial score (nSPS) is 31.5. The summed E-state index contributed by atoms with van der Waals surface area (Å²) in [7, 11) is 0. The second kappa shape index (κ2) is 4.47. The van der Waals surface area contributed by atoms with Crippen LogP contribution in [0.3, 0.4) is 0 Å². The molecule has 0 saturated carbocycles. The molecule has 2 aliphatic heterocycles. The number of nitrogens with one attached hydrogen (secondary N) is 1. The zero-order chi connectivity index (χ0) is 13.6. The zero-order valence-electron chi connectivity index (χ0n) is 10.7. The molecule has 3 atom stereocenters. The highest BCUT2D eigenvalue weighted by atomic mass is 19.4. The van der Waals surface area contributed by atoms with Crippen molar-refractivity contribution in [3.05, 3.63) is 11.6 Å². The van der Waals surface area contributed by atoms with Gasteiger partial charge in [-0.2, -0.15) is 13.2 Å². The van der Waals surface area contributed by atoms with E-state index in [2.05, 4.69) is 22.4 Å². The Hall–Kier alpha value is -1.11. The predicted molar refractivity (Wildman–Crippen MR) is 62.4 cm³/mol. The first-order chi connectivity index (χ1) is 8.97. The molecule has 3 unspecified atom stereocenters.